The van der Waals surface area contributed by atoms with E-state index in [2.05, 4.69) is 27.7 Å². The van der Waals surface area contributed by atoms with Gasteiger partial charge in [0.2, 0.25) is 0 Å². The van der Waals surface area contributed by atoms with Crippen LogP contribution in [-0.4, -0.2) is 0 Å². The monoisotopic (exact) mass is 174 g/mol. The molecular weight excluding hydrogens is 148 g/mol. The fourth-order valence-electron chi connectivity index (χ4n) is 1.50. The Kier molecular flexibility index (Phi) is 15.7. The summed E-state index contributed by atoms with van der Waals surface area (Å²) in [6.07, 6.45) is 4.97. The molecule has 0 amide bonds. The lowest BCUT2D eigenvalue weighted by atomic mass is 9.99. The molecule has 0 aliphatic heterocycles. The van der Waals surface area contributed by atoms with Crippen LogP contribution in [0.3, 0.4) is 0 Å². The van der Waals surface area contributed by atoms with Crippen molar-refractivity contribution in [1.82, 2.24) is 12.3 Å². The molecule has 0 aliphatic carbocycles. The summed E-state index contributed by atoms with van der Waals surface area (Å²) in [6, 6.07) is 0. The van der Waals surface area contributed by atoms with E-state index in [1.165, 1.54) is 25.7 Å². The van der Waals surface area contributed by atoms with Crippen LogP contribution in [-0.2, 0) is 0 Å². The van der Waals surface area contributed by atoms with Crippen molar-refractivity contribution in [3.05, 3.63) is 11.1 Å². The van der Waals surface area contributed by atoms with Crippen LogP contribution in [0.5, 0.6) is 0 Å². The molecule has 2 heteroatoms. The van der Waals surface area contributed by atoms with Crippen LogP contribution in [0.15, 0.2) is 11.1 Å². The summed E-state index contributed by atoms with van der Waals surface area (Å²) in [4.78, 5) is 0. The van der Waals surface area contributed by atoms with Crippen molar-refractivity contribution < 1.29 is 0 Å². The summed E-state index contributed by atoms with van der Waals surface area (Å²) < 4.78 is 0. The van der Waals surface area contributed by atoms with Crippen LogP contribution < -0.4 is 12.3 Å². The Bertz CT molecular complexity index is 91.0. The summed E-state index contributed by atoms with van der Waals surface area (Å²) in [5, 5.41) is 0. The topological polar surface area (TPSA) is 70.0 Å². The van der Waals surface area contributed by atoms with Crippen molar-refractivity contribution in [2.75, 3.05) is 0 Å². The second-order valence-corrected chi connectivity index (χ2v) is 2.62. The predicted octanol–water partition coefficient (Wildman–Crippen LogP) is 4.25. The van der Waals surface area contributed by atoms with Gasteiger partial charge in [-0.15, -0.1) is 0 Å². The van der Waals surface area contributed by atoms with Gasteiger partial charge in [0.1, 0.15) is 0 Å². The first kappa shape index (κ1) is 17.7. The van der Waals surface area contributed by atoms with E-state index >= 15 is 0 Å². The van der Waals surface area contributed by atoms with Crippen molar-refractivity contribution in [1.29, 1.82) is 0 Å². The molecule has 0 aromatic rings. The van der Waals surface area contributed by atoms with E-state index in [1.54, 1.807) is 11.1 Å². The molecule has 0 aromatic carbocycles. The van der Waals surface area contributed by atoms with Crippen molar-refractivity contribution in [2.24, 2.45) is 0 Å². The zero-order chi connectivity index (χ0) is 7.98. The van der Waals surface area contributed by atoms with Gasteiger partial charge in [-0.3, -0.25) is 0 Å². The Labute approximate surface area is 77.6 Å². The average Bonchev–Trinajstić information content (AvgIpc) is 2.00. The van der Waals surface area contributed by atoms with Gasteiger partial charge in [0.15, 0.2) is 0 Å². The molecule has 2 nitrogen and oxygen atoms in total. The summed E-state index contributed by atoms with van der Waals surface area (Å²) >= 11 is 0. The van der Waals surface area contributed by atoms with Gasteiger partial charge in [0, 0.05) is 0 Å². The van der Waals surface area contributed by atoms with E-state index in [9.17, 15) is 0 Å². The SMILES string of the molecule is CCC(CC)=C(CC)CC.N.N. The van der Waals surface area contributed by atoms with Crippen molar-refractivity contribution in [3.63, 3.8) is 0 Å². The lowest BCUT2D eigenvalue weighted by Gasteiger charge is -2.07. The quantitative estimate of drug-likeness (QED) is 0.625. The molecule has 0 unspecified atom stereocenters. The van der Waals surface area contributed by atoms with Gasteiger partial charge in [-0.2, -0.15) is 0 Å². The van der Waals surface area contributed by atoms with Crippen LogP contribution in [0.2, 0.25) is 0 Å². The zero-order valence-corrected chi connectivity index (χ0v) is 9.24. The molecule has 0 saturated carbocycles. The predicted molar refractivity (Wildman–Crippen MR) is 58.2 cm³/mol. The van der Waals surface area contributed by atoms with Crippen LogP contribution in [0.1, 0.15) is 53.4 Å². The highest BCUT2D eigenvalue weighted by atomic mass is 14.0. The third-order valence-electron chi connectivity index (χ3n) is 2.21. The normalized spacial score (nSPS) is 8.00. The van der Waals surface area contributed by atoms with Gasteiger partial charge in [-0.1, -0.05) is 38.8 Å². The lowest BCUT2D eigenvalue weighted by Crippen LogP contribution is -1.87. The maximum Gasteiger partial charge on any atom is -0.0346 e. The van der Waals surface area contributed by atoms with E-state index in [-0.39, 0.29) is 12.3 Å². The Morgan fingerprint density at radius 3 is 0.833 bits per heavy atom. The number of hydrogen-bond donors (Lipinski definition) is 2. The molecule has 0 spiro atoms. The van der Waals surface area contributed by atoms with E-state index in [0.717, 1.165) is 0 Å². The molecule has 76 valence electrons. The van der Waals surface area contributed by atoms with Gasteiger partial charge < -0.3 is 12.3 Å². The van der Waals surface area contributed by atoms with Crippen molar-refractivity contribution in [2.45, 2.75) is 53.4 Å². The second-order valence-electron chi connectivity index (χ2n) is 2.62. The Morgan fingerprint density at radius 2 is 0.750 bits per heavy atom. The highest BCUT2D eigenvalue weighted by Crippen LogP contribution is 2.17. The van der Waals surface area contributed by atoms with Gasteiger partial charge in [0.25, 0.3) is 0 Å². The van der Waals surface area contributed by atoms with Crippen molar-refractivity contribution >= 4 is 0 Å². The summed E-state index contributed by atoms with van der Waals surface area (Å²) in [5.41, 5.74) is 3.34. The van der Waals surface area contributed by atoms with Crippen LogP contribution >= 0.6 is 0 Å². The molecule has 0 aliphatic rings. The molecule has 0 radical (unpaired) electrons. The maximum absolute atomic E-state index is 2.25. The molecular formula is C10H26N2. The number of hydrogen-bond acceptors (Lipinski definition) is 2. The first-order valence-corrected chi connectivity index (χ1v) is 4.49. The minimum atomic E-state index is 0. The molecule has 0 saturated heterocycles. The summed E-state index contributed by atoms with van der Waals surface area (Å²) in [5.74, 6) is 0. The minimum absolute atomic E-state index is 0. The zero-order valence-electron chi connectivity index (χ0n) is 9.24. The maximum atomic E-state index is 2.25. The minimum Gasteiger partial charge on any atom is -0.344 e. The second kappa shape index (κ2) is 10.7. The smallest absolute Gasteiger partial charge is 0.0346 e. The van der Waals surface area contributed by atoms with E-state index in [0.29, 0.717) is 0 Å². The molecule has 0 atom stereocenters. The Morgan fingerprint density at radius 1 is 0.583 bits per heavy atom. The fraction of sp³-hybridized carbons (Fsp3) is 0.800. The van der Waals surface area contributed by atoms with E-state index in [4.69, 9.17) is 0 Å². The van der Waals surface area contributed by atoms with Gasteiger partial charge in [-0.25, -0.2) is 0 Å². The molecule has 0 heterocycles. The molecule has 0 fully saturated rings. The summed E-state index contributed by atoms with van der Waals surface area (Å²) in [6.45, 7) is 9.02. The lowest BCUT2D eigenvalue weighted by molar-refractivity contribution is 0.864. The first-order valence-electron chi connectivity index (χ1n) is 4.49. The molecule has 6 N–H and O–H groups in total. The molecule has 0 rings (SSSR count). The fourth-order valence-corrected chi connectivity index (χ4v) is 1.50. The summed E-state index contributed by atoms with van der Waals surface area (Å²) in [7, 11) is 0. The molecule has 0 aromatic heterocycles. The van der Waals surface area contributed by atoms with Crippen LogP contribution in [0.4, 0.5) is 0 Å². The van der Waals surface area contributed by atoms with Crippen LogP contribution in [0.25, 0.3) is 0 Å². The third kappa shape index (κ3) is 5.33. The van der Waals surface area contributed by atoms with Gasteiger partial charge >= 0.3 is 0 Å². The molecule has 0 bridgehead atoms. The molecule has 12 heavy (non-hydrogen) atoms. The average molecular weight is 174 g/mol. The highest BCUT2D eigenvalue weighted by Gasteiger charge is 1.97. The highest BCUT2D eigenvalue weighted by molar-refractivity contribution is 5.12. The van der Waals surface area contributed by atoms with E-state index < -0.39 is 0 Å². The van der Waals surface area contributed by atoms with E-state index in [1.807, 2.05) is 0 Å². The van der Waals surface area contributed by atoms with Crippen LogP contribution in [0, 0.1) is 0 Å². The first-order chi connectivity index (χ1) is 4.79. The largest absolute Gasteiger partial charge is 0.344 e. The Hall–Kier alpha value is -0.340. The van der Waals surface area contributed by atoms with Gasteiger partial charge in [0.05, 0.1) is 0 Å². The Balaban J connectivity index is -0.000000405. The number of rotatable bonds is 4. The third-order valence-corrected chi connectivity index (χ3v) is 2.21. The van der Waals surface area contributed by atoms with Gasteiger partial charge in [-0.05, 0) is 25.7 Å². The number of allylic oxidation sites excluding steroid dienone is 2. The standard InChI is InChI=1S/C10H20.2H3N/c1-5-9(6-2)10(7-3)8-4;;/h5-8H2,1-4H3;2*1H3. The van der Waals surface area contributed by atoms with Crippen molar-refractivity contribution in [3.8, 4) is 0 Å².